The summed E-state index contributed by atoms with van der Waals surface area (Å²) in [6.07, 6.45) is 66.1. The number of hydrogen-bond donors (Lipinski definition) is 0. The van der Waals surface area contributed by atoms with Gasteiger partial charge in [-0.3, -0.25) is 14.4 Å². The Labute approximate surface area is 417 Å². The van der Waals surface area contributed by atoms with Gasteiger partial charge in [0.25, 0.3) is 0 Å². The fraction of sp³-hybridized carbons (Fsp3) is 0.885. The van der Waals surface area contributed by atoms with Gasteiger partial charge in [-0.15, -0.1) is 0 Å². The van der Waals surface area contributed by atoms with Gasteiger partial charge in [0.05, 0.1) is 0 Å². The van der Waals surface area contributed by atoms with Crippen molar-refractivity contribution in [3.8, 4) is 0 Å². The number of unbranched alkanes of at least 4 members (excludes halogenated alkanes) is 40. The van der Waals surface area contributed by atoms with E-state index < -0.39 is 6.10 Å². The molecule has 0 bridgehead atoms. The molecule has 0 amide bonds. The van der Waals surface area contributed by atoms with Gasteiger partial charge in [-0.2, -0.15) is 0 Å². The molecule has 6 heteroatoms. The van der Waals surface area contributed by atoms with E-state index >= 15 is 0 Å². The smallest absolute Gasteiger partial charge is 0.306 e. The molecule has 0 aliphatic rings. The fourth-order valence-electron chi connectivity index (χ4n) is 8.95. The van der Waals surface area contributed by atoms with E-state index in [2.05, 4.69) is 45.1 Å². The Hall–Kier alpha value is -2.11. The van der Waals surface area contributed by atoms with E-state index in [-0.39, 0.29) is 31.1 Å². The maximum atomic E-state index is 12.8. The first kappa shape index (κ1) is 64.9. The van der Waals surface area contributed by atoms with Gasteiger partial charge in [0.1, 0.15) is 13.2 Å². The normalized spacial score (nSPS) is 12.1. The molecule has 394 valence electrons. The highest BCUT2D eigenvalue weighted by Gasteiger charge is 2.19. The third-order valence-electron chi connectivity index (χ3n) is 13.5. The lowest BCUT2D eigenvalue weighted by molar-refractivity contribution is -0.167. The molecule has 0 aliphatic heterocycles. The molecule has 0 fully saturated rings. The number of allylic oxidation sites excluding steroid dienone is 4. The zero-order chi connectivity index (χ0) is 48.6. The van der Waals surface area contributed by atoms with Crippen LogP contribution >= 0.6 is 0 Å². The number of ether oxygens (including phenoxy) is 3. The van der Waals surface area contributed by atoms with Crippen molar-refractivity contribution in [2.45, 2.75) is 335 Å². The first-order chi connectivity index (χ1) is 33.0. The monoisotopic (exact) mass is 943 g/mol. The van der Waals surface area contributed by atoms with Crippen LogP contribution < -0.4 is 0 Å². The first-order valence-corrected chi connectivity index (χ1v) is 29.8. The van der Waals surface area contributed by atoms with Gasteiger partial charge in [-0.25, -0.2) is 0 Å². The summed E-state index contributed by atoms with van der Waals surface area (Å²) in [6.45, 7) is 6.66. The molecule has 0 spiro atoms. The highest BCUT2D eigenvalue weighted by molar-refractivity contribution is 5.71. The maximum Gasteiger partial charge on any atom is 0.306 e. The van der Waals surface area contributed by atoms with E-state index in [4.69, 9.17) is 14.2 Å². The first-order valence-electron chi connectivity index (χ1n) is 29.8. The zero-order valence-electron chi connectivity index (χ0n) is 45.2. The van der Waals surface area contributed by atoms with Crippen molar-refractivity contribution in [2.75, 3.05) is 13.2 Å². The summed E-state index contributed by atoms with van der Waals surface area (Å²) < 4.78 is 16.9. The van der Waals surface area contributed by atoms with Crippen LogP contribution in [0.15, 0.2) is 24.3 Å². The molecule has 0 aliphatic carbocycles. The predicted molar refractivity (Wildman–Crippen MR) is 289 cm³/mol. The summed E-state index contributed by atoms with van der Waals surface area (Å²) in [6, 6.07) is 0. The summed E-state index contributed by atoms with van der Waals surface area (Å²) in [5, 5.41) is 0. The minimum absolute atomic E-state index is 0.0655. The van der Waals surface area contributed by atoms with Gasteiger partial charge >= 0.3 is 17.9 Å². The maximum absolute atomic E-state index is 12.8. The average Bonchev–Trinajstić information content (AvgIpc) is 3.33. The quantitative estimate of drug-likeness (QED) is 0.0262. The topological polar surface area (TPSA) is 78.9 Å². The van der Waals surface area contributed by atoms with Crippen molar-refractivity contribution < 1.29 is 28.6 Å². The van der Waals surface area contributed by atoms with Gasteiger partial charge in [0.15, 0.2) is 6.10 Å². The Kier molecular flexibility index (Phi) is 54.7. The van der Waals surface area contributed by atoms with Gasteiger partial charge < -0.3 is 14.2 Å². The number of rotatable bonds is 55. The van der Waals surface area contributed by atoms with Crippen molar-refractivity contribution in [1.82, 2.24) is 0 Å². The summed E-state index contributed by atoms with van der Waals surface area (Å²) in [5.41, 5.74) is 0. The molecule has 0 N–H and O–H groups in total. The second-order valence-corrected chi connectivity index (χ2v) is 20.3. The lowest BCUT2D eigenvalue weighted by Crippen LogP contribution is -2.30. The van der Waals surface area contributed by atoms with Crippen molar-refractivity contribution in [3.63, 3.8) is 0 Å². The Balaban J connectivity index is 4.16. The molecular formula is C61H114O6. The van der Waals surface area contributed by atoms with Gasteiger partial charge in [0.2, 0.25) is 0 Å². The Morgan fingerprint density at radius 3 is 0.821 bits per heavy atom. The molecule has 0 saturated carbocycles. The van der Waals surface area contributed by atoms with Gasteiger partial charge in [-0.05, 0) is 51.4 Å². The fourth-order valence-corrected chi connectivity index (χ4v) is 8.95. The second-order valence-electron chi connectivity index (χ2n) is 20.3. The van der Waals surface area contributed by atoms with E-state index in [9.17, 15) is 14.4 Å². The Morgan fingerprint density at radius 2 is 0.537 bits per heavy atom. The minimum Gasteiger partial charge on any atom is -0.462 e. The highest BCUT2D eigenvalue weighted by atomic mass is 16.6. The van der Waals surface area contributed by atoms with Crippen LogP contribution in [-0.2, 0) is 28.6 Å². The molecule has 6 nitrogen and oxygen atoms in total. The number of hydrogen-bond acceptors (Lipinski definition) is 6. The molecule has 0 aromatic carbocycles. The van der Waals surface area contributed by atoms with Gasteiger partial charge in [-0.1, -0.05) is 283 Å². The van der Waals surface area contributed by atoms with E-state index in [1.165, 1.54) is 225 Å². The average molecular weight is 944 g/mol. The zero-order valence-corrected chi connectivity index (χ0v) is 45.2. The standard InChI is InChI=1S/C61H114O6/c1-4-7-10-13-16-19-22-24-26-27-28-29-30-31-32-33-34-35-36-38-39-42-45-48-51-54-60(63)66-57-58(56-65-59(62)53-50-47-44-41-21-18-15-12-9-6-3)67-61(64)55-52-49-46-43-40-37-25-23-20-17-14-11-8-5-2/h22,24,27-28,58H,4-21,23,25-26,29-57H2,1-3H3/b24-22-,28-27-. The molecule has 0 rings (SSSR count). The molecule has 0 radical (unpaired) electrons. The molecule has 1 atom stereocenters. The van der Waals surface area contributed by atoms with Crippen LogP contribution in [0, 0.1) is 0 Å². The van der Waals surface area contributed by atoms with Crippen LogP contribution in [0.25, 0.3) is 0 Å². The van der Waals surface area contributed by atoms with Crippen LogP contribution in [0.2, 0.25) is 0 Å². The van der Waals surface area contributed by atoms with E-state index in [1.54, 1.807) is 0 Å². The van der Waals surface area contributed by atoms with Crippen molar-refractivity contribution in [1.29, 1.82) is 0 Å². The highest BCUT2D eigenvalue weighted by Crippen LogP contribution is 2.17. The Bertz CT molecular complexity index is 1080. The Morgan fingerprint density at radius 1 is 0.299 bits per heavy atom. The van der Waals surface area contributed by atoms with Crippen LogP contribution in [0.4, 0.5) is 0 Å². The van der Waals surface area contributed by atoms with E-state index in [0.29, 0.717) is 19.3 Å². The molecular weight excluding hydrogens is 829 g/mol. The number of esters is 3. The van der Waals surface area contributed by atoms with Crippen molar-refractivity contribution >= 4 is 17.9 Å². The lowest BCUT2D eigenvalue weighted by atomic mass is 10.0. The largest absolute Gasteiger partial charge is 0.462 e. The molecule has 0 saturated heterocycles. The number of carbonyl (C=O) groups excluding carboxylic acids is 3. The SMILES string of the molecule is CCCCCCC/C=C\C/C=C\CCCCCCCCCCCCCCCC(=O)OCC(COC(=O)CCCCCCCCCCCC)OC(=O)CCCCCCCCCCCCCCCC. The molecule has 0 aromatic rings. The summed E-state index contributed by atoms with van der Waals surface area (Å²) >= 11 is 0. The summed E-state index contributed by atoms with van der Waals surface area (Å²) in [5.74, 6) is -0.847. The second kappa shape index (κ2) is 56.5. The molecule has 0 heterocycles. The minimum atomic E-state index is -0.765. The number of carbonyl (C=O) groups is 3. The molecule has 0 aromatic heterocycles. The van der Waals surface area contributed by atoms with Crippen LogP contribution in [0.3, 0.4) is 0 Å². The van der Waals surface area contributed by atoms with E-state index in [0.717, 1.165) is 64.2 Å². The molecule has 67 heavy (non-hydrogen) atoms. The van der Waals surface area contributed by atoms with Crippen LogP contribution in [-0.4, -0.2) is 37.2 Å². The predicted octanol–water partition coefficient (Wildman–Crippen LogP) is 19.9. The van der Waals surface area contributed by atoms with E-state index in [1.807, 2.05) is 0 Å². The van der Waals surface area contributed by atoms with Gasteiger partial charge in [0, 0.05) is 19.3 Å². The molecule has 1 unspecified atom stereocenters. The van der Waals surface area contributed by atoms with Crippen molar-refractivity contribution in [3.05, 3.63) is 24.3 Å². The van der Waals surface area contributed by atoms with Crippen LogP contribution in [0.5, 0.6) is 0 Å². The lowest BCUT2D eigenvalue weighted by Gasteiger charge is -2.18. The van der Waals surface area contributed by atoms with Crippen LogP contribution in [0.1, 0.15) is 329 Å². The third-order valence-corrected chi connectivity index (χ3v) is 13.5. The summed E-state index contributed by atoms with van der Waals surface area (Å²) in [7, 11) is 0. The van der Waals surface area contributed by atoms with Crippen molar-refractivity contribution in [2.24, 2.45) is 0 Å². The third kappa shape index (κ3) is 54.7. The summed E-state index contributed by atoms with van der Waals surface area (Å²) in [4.78, 5) is 38.1.